The highest BCUT2D eigenvalue weighted by atomic mass is 32.2. The molecule has 1 amide bonds. The van der Waals surface area contributed by atoms with E-state index < -0.39 is 30.2 Å². The van der Waals surface area contributed by atoms with Gasteiger partial charge in [-0.3, -0.25) is 4.79 Å². The zero-order valence-corrected chi connectivity index (χ0v) is 26.8. The highest BCUT2D eigenvalue weighted by Gasteiger charge is 2.70. The lowest BCUT2D eigenvalue weighted by Gasteiger charge is -2.64. The number of hydrogen-bond acceptors (Lipinski definition) is 5. The van der Waals surface area contributed by atoms with Crippen LogP contribution in [-0.2, 0) is 9.54 Å². The van der Waals surface area contributed by atoms with Crippen molar-refractivity contribution in [3.8, 4) is 0 Å². The van der Waals surface area contributed by atoms with E-state index in [1.165, 1.54) is 11.3 Å². The maximum Gasteiger partial charge on any atom is 0.232 e. The summed E-state index contributed by atoms with van der Waals surface area (Å²) in [5.74, 6) is 0.0420. The van der Waals surface area contributed by atoms with E-state index in [1.54, 1.807) is 11.8 Å². The van der Waals surface area contributed by atoms with Gasteiger partial charge in [-0.05, 0) is 44.4 Å². The number of aromatic nitrogens is 1. The number of benzene rings is 3. The van der Waals surface area contributed by atoms with Crippen molar-refractivity contribution in [2.75, 3.05) is 0 Å². The molecule has 1 aliphatic heterocycles. The van der Waals surface area contributed by atoms with Gasteiger partial charge in [0.15, 0.2) is 0 Å². The molecule has 0 saturated carbocycles. The van der Waals surface area contributed by atoms with Gasteiger partial charge in [-0.1, -0.05) is 104 Å². The molecule has 0 spiro atoms. The molecule has 4 aromatic rings. The molecule has 7 heteroatoms. The standard InChI is InChI=1S/C33H38N2O2S2Si/c1-23-34-27(22-38-23)28(36)33(40(5)6)29(37)35(31(2,3)4)30(33)39-32(24-16-10-7-11-17-24,25-18-12-8-13-19-25)26-20-14-9-15-21-26/h7-22,28,30,36,40H,1-6H3. The first-order chi connectivity index (χ1) is 19.0. The van der Waals surface area contributed by atoms with Gasteiger partial charge in [-0.2, -0.15) is 0 Å². The molecule has 0 bridgehead atoms. The number of thioether (sulfide) groups is 1. The van der Waals surface area contributed by atoms with Crippen molar-refractivity contribution < 1.29 is 9.90 Å². The lowest BCUT2D eigenvalue weighted by molar-refractivity contribution is -0.164. The van der Waals surface area contributed by atoms with Crippen molar-refractivity contribution in [3.05, 3.63) is 124 Å². The molecule has 1 aromatic heterocycles. The predicted molar refractivity (Wildman–Crippen MR) is 171 cm³/mol. The number of rotatable bonds is 8. The molecule has 3 atom stereocenters. The van der Waals surface area contributed by atoms with Gasteiger partial charge in [0.25, 0.3) is 0 Å². The third-order valence-corrected chi connectivity index (χ3v) is 13.8. The number of likely N-dealkylation sites (tertiary alicyclic amines) is 1. The van der Waals surface area contributed by atoms with Crippen molar-refractivity contribution in [2.45, 2.75) is 67.6 Å². The van der Waals surface area contributed by atoms with E-state index in [2.05, 4.69) is 112 Å². The van der Waals surface area contributed by atoms with E-state index >= 15 is 0 Å². The second-order valence-electron chi connectivity index (χ2n) is 11.9. The number of carbonyl (C=O) groups excluding carboxylic acids is 1. The van der Waals surface area contributed by atoms with Crippen LogP contribution in [0.2, 0.25) is 18.1 Å². The third kappa shape index (κ3) is 4.57. The molecule has 40 heavy (non-hydrogen) atoms. The Kier molecular flexibility index (Phi) is 7.87. The number of aryl methyl sites for hydroxylation is 1. The SMILES string of the molecule is Cc1nc(C(O)C2([SiH](C)C)C(=O)N(C(C)(C)C)C2SC(c2ccccc2)(c2ccccc2)c2ccccc2)cs1. The summed E-state index contributed by atoms with van der Waals surface area (Å²) in [6.07, 6.45) is -0.965. The van der Waals surface area contributed by atoms with Crippen molar-refractivity contribution >= 4 is 37.8 Å². The minimum atomic E-state index is -1.83. The quantitative estimate of drug-likeness (QED) is 0.133. The molecule has 1 aliphatic rings. The normalized spacial score (nSPS) is 20.4. The maximum atomic E-state index is 14.5. The minimum absolute atomic E-state index is 0.0420. The van der Waals surface area contributed by atoms with E-state index in [1.807, 2.05) is 35.4 Å². The van der Waals surface area contributed by atoms with Crippen LogP contribution >= 0.6 is 23.1 Å². The molecular weight excluding hydrogens is 549 g/mol. The first-order valence-electron chi connectivity index (χ1n) is 13.8. The van der Waals surface area contributed by atoms with Crippen molar-refractivity contribution in [1.29, 1.82) is 0 Å². The predicted octanol–water partition coefficient (Wildman–Crippen LogP) is 7.40. The number of aliphatic hydroxyl groups is 1. The molecule has 5 rings (SSSR count). The number of hydrogen-bond donors (Lipinski definition) is 1. The number of amides is 1. The highest BCUT2D eigenvalue weighted by Crippen LogP contribution is 2.67. The van der Waals surface area contributed by atoms with E-state index in [-0.39, 0.29) is 11.3 Å². The zero-order chi connectivity index (χ0) is 28.7. The second kappa shape index (κ2) is 10.9. The molecule has 0 radical (unpaired) electrons. The summed E-state index contributed by atoms with van der Waals surface area (Å²) in [6.45, 7) is 12.6. The fourth-order valence-corrected chi connectivity index (χ4v) is 12.0. The molecular formula is C33H38N2O2S2Si. The number of carbonyl (C=O) groups is 1. The summed E-state index contributed by atoms with van der Waals surface area (Å²) in [7, 11) is -1.83. The lowest BCUT2D eigenvalue weighted by atomic mass is 9.83. The molecule has 0 aliphatic carbocycles. The molecule has 4 nitrogen and oxygen atoms in total. The Bertz CT molecular complexity index is 1360. The Balaban J connectivity index is 1.79. The molecule has 3 aromatic carbocycles. The van der Waals surface area contributed by atoms with Crippen LogP contribution in [0.1, 0.15) is 54.3 Å². The number of aliphatic hydroxyl groups excluding tert-OH is 1. The van der Waals surface area contributed by atoms with Crippen LogP contribution in [0.4, 0.5) is 0 Å². The Morgan fingerprint density at radius 3 is 1.70 bits per heavy atom. The smallest absolute Gasteiger partial charge is 0.232 e. The Hall–Kier alpha value is -2.71. The first-order valence-corrected chi connectivity index (χ1v) is 18.5. The monoisotopic (exact) mass is 586 g/mol. The third-order valence-electron chi connectivity index (χ3n) is 8.11. The molecule has 1 saturated heterocycles. The first kappa shape index (κ1) is 28.8. The van der Waals surface area contributed by atoms with Crippen LogP contribution < -0.4 is 0 Å². The van der Waals surface area contributed by atoms with Gasteiger partial charge < -0.3 is 10.0 Å². The van der Waals surface area contributed by atoms with Crippen molar-refractivity contribution in [3.63, 3.8) is 0 Å². The van der Waals surface area contributed by atoms with Crippen LogP contribution in [0, 0.1) is 6.92 Å². The summed E-state index contributed by atoms with van der Waals surface area (Å²) < 4.78 is -0.620. The summed E-state index contributed by atoms with van der Waals surface area (Å²) in [5.41, 5.74) is 3.62. The lowest BCUT2D eigenvalue weighted by Crippen LogP contribution is -2.74. The van der Waals surface area contributed by atoms with Crippen LogP contribution in [0.3, 0.4) is 0 Å². The minimum Gasteiger partial charge on any atom is -0.386 e. The highest BCUT2D eigenvalue weighted by molar-refractivity contribution is 8.01. The van der Waals surface area contributed by atoms with E-state index in [0.29, 0.717) is 5.69 Å². The fourth-order valence-electron chi connectivity index (χ4n) is 6.12. The van der Waals surface area contributed by atoms with Crippen LogP contribution in [-0.4, -0.2) is 40.6 Å². The van der Waals surface area contributed by atoms with E-state index in [9.17, 15) is 9.90 Å². The average molecular weight is 587 g/mol. The molecule has 2 heterocycles. The van der Waals surface area contributed by atoms with Gasteiger partial charge in [-0.15, -0.1) is 23.1 Å². The molecule has 208 valence electrons. The Labute approximate surface area is 248 Å². The van der Waals surface area contributed by atoms with Crippen LogP contribution in [0.5, 0.6) is 0 Å². The van der Waals surface area contributed by atoms with Gasteiger partial charge >= 0.3 is 0 Å². The van der Waals surface area contributed by atoms with Crippen LogP contribution in [0.25, 0.3) is 0 Å². The topological polar surface area (TPSA) is 53.4 Å². The number of nitrogens with zero attached hydrogens (tertiary/aromatic N) is 2. The summed E-state index contributed by atoms with van der Waals surface area (Å²) in [5, 5.41) is 13.8. The summed E-state index contributed by atoms with van der Waals surface area (Å²) in [6, 6.07) is 31.7. The van der Waals surface area contributed by atoms with E-state index in [4.69, 9.17) is 0 Å². The van der Waals surface area contributed by atoms with Gasteiger partial charge in [0.1, 0.15) is 6.10 Å². The van der Waals surface area contributed by atoms with Gasteiger partial charge in [0, 0.05) is 10.9 Å². The van der Waals surface area contributed by atoms with Crippen LogP contribution in [0.15, 0.2) is 96.4 Å². The Morgan fingerprint density at radius 2 is 1.35 bits per heavy atom. The summed E-state index contributed by atoms with van der Waals surface area (Å²) >= 11 is 3.32. The maximum absolute atomic E-state index is 14.5. The molecule has 1 fully saturated rings. The number of thiazole rings is 1. The number of β-lactam (4-membered cyclic amide) rings is 1. The van der Waals surface area contributed by atoms with Crippen molar-refractivity contribution in [2.24, 2.45) is 0 Å². The van der Waals surface area contributed by atoms with Gasteiger partial charge in [0.05, 0.1) is 34.7 Å². The Morgan fingerprint density at radius 1 is 0.900 bits per heavy atom. The van der Waals surface area contributed by atoms with Crippen molar-refractivity contribution in [1.82, 2.24) is 9.88 Å². The fraction of sp³-hybridized carbons (Fsp3) is 0.333. The van der Waals surface area contributed by atoms with E-state index in [0.717, 1.165) is 21.7 Å². The molecule has 3 unspecified atom stereocenters. The van der Waals surface area contributed by atoms with Gasteiger partial charge in [-0.25, -0.2) is 4.98 Å². The average Bonchev–Trinajstić information content (AvgIpc) is 3.38. The van der Waals surface area contributed by atoms with Gasteiger partial charge in [0.2, 0.25) is 5.91 Å². The second-order valence-corrected chi connectivity index (χ2v) is 17.5. The molecule has 1 N–H and O–H groups in total. The largest absolute Gasteiger partial charge is 0.386 e. The zero-order valence-electron chi connectivity index (χ0n) is 24.0. The summed E-state index contributed by atoms with van der Waals surface area (Å²) in [4.78, 5) is 21.2.